The number of hydrogen-bond acceptors (Lipinski definition) is 2. The molecule has 2 aromatic carbocycles. The lowest BCUT2D eigenvalue weighted by Crippen LogP contribution is -2.20. The molecule has 3 aromatic rings. The van der Waals surface area contributed by atoms with Crippen LogP contribution in [0.3, 0.4) is 0 Å². The van der Waals surface area contributed by atoms with Gasteiger partial charge in [-0.3, -0.25) is 4.68 Å². The molecule has 1 heterocycles. The molecule has 0 amide bonds. The lowest BCUT2D eigenvalue weighted by atomic mass is 10.2. The van der Waals surface area contributed by atoms with E-state index in [1.165, 1.54) is 5.56 Å². The molecular weight excluding hydrogens is 432 g/mol. The Kier molecular flexibility index (Phi) is 5.96. The fourth-order valence-electron chi connectivity index (χ4n) is 2.65. The van der Waals surface area contributed by atoms with Crippen molar-refractivity contribution in [2.24, 2.45) is 0 Å². The summed E-state index contributed by atoms with van der Waals surface area (Å²) in [5.74, 6) is 0. The fourth-order valence-corrected chi connectivity index (χ4v) is 3.58. The van der Waals surface area contributed by atoms with Gasteiger partial charge < -0.3 is 10.6 Å². The number of aromatic nitrogens is 2. The summed E-state index contributed by atoms with van der Waals surface area (Å²) in [5, 5.41) is 12.1. The summed E-state index contributed by atoms with van der Waals surface area (Å²) >= 11 is 15.1. The predicted octanol–water partition coefficient (Wildman–Crippen LogP) is 5.77. The van der Waals surface area contributed by atoms with E-state index >= 15 is 0 Å². The van der Waals surface area contributed by atoms with Crippen LogP contribution < -0.4 is 10.6 Å². The number of rotatable bonds is 4. The number of nitrogens with zero attached hydrogens (tertiary/aromatic N) is 2. The third-order valence-corrected chi connectivity index (χ3v) is 4.98. The van der Waals surface area contributed by atoms with Crippen LogP contribution in [-0.4, -0.2) is 14.9 Å². The summed E-state index contributed by atoms with van der Waals surface area (Å²) in [5.41, 5.74) is 4.78. The van der Waals surface area contributed by atoms with Crippen LogP contribution in [0.1, 0.15) is 17.0 Å². The Hall–Kier alpha value is -1.89. The lowest BCUT2D eigenvalue weighted by molar-refractivity contribution is 0.659. The van der Waals surface area contributed by atoms with Gasteiger partial charge in [0.1, 0.15) is 0 Å². The summed E-state index contributed by atoms with van der Waals surface area (Å²) in [7, 11) is 0. The molecule has 0 unspecified atom stereocenters. The van der Waals surface area contributed by atoms with Crippen molar-refractivity contribution in [1.82, 2.24) is 9.78 Å². The van der Waals surface area contributed by atoms with Crippen molar-refractivity contribution in [2.75, 3.05) is 10.6 Å². The molecule has 0 radical (unpaired) electrons. The van der Waals surface area contributed by atoms with Crippen LogP contribution in [-0.2, 0) is 6.54 Å². The molecule has 0 atom stereocenters. The van der Waals surface area contributed by atoms with Gasteiger partial charge in [-0.1, -0.05) is 57.9 Å². The Morgan fingerprint density at radius 1 is 1.15 bits per heavy atom. The van der Waals surface area contributed by atoms with Gasteiger partial charge >= 0.3 is 0 Å². The molecule has 4 nitrogen and oxygen atoms in total. The summed E-state index contributed by atoms with van der Waals surface area (Å²) in [6.45, 7) is 4.71. The molecular formula is C19H18BrClN4S. The minimum atomic E-state index is 0.472. The largest absolute Gasteiger partial charge is 0.331 e. The van der Waals surface area contributed by atoms with Crippen LogP contribution in [0, 0.1) is 13.8 Å². The molecule has 2 N–H and O–H groups in total. The minimum Gasteiger partial charge on any atom is -0.331 e. The average Bonchev–Trinajstić information content (AvgIpc) is 2.86. The molecule has 3 rings (SSSR count). The van der Waals surface area contributed by atoms with E-state index in [0.717, 1.165) is 27.2 Å². The number of thiocarbonyl (C=S) groups is 1. The second kappa shape index (κ2) is 8.20. The standard InChI is InChI=1S/C19H18BrClN4S/c1-12-18(13(2)25(24-12)11-14-6-4-3-5-7-14)23-19(26)22-17-9-8-15(20)10-16(17)21/h3-10H,11H2,1-2H3,(H2,22,23,26). The van der Waals surface area contributed by atoms with Gasteiger partial charge in [0.15, 0.2) is 5.11 Å². The van der Waals surface area contributed by atoms with Gasteiger partial charge in [0.05, 0.1) is 34.3 Å². The average molecular weight is 450 g/mol. The Balaban J connectivity index is 1.74. The number of anilines is 2. The van der Waals surface area contributed by atoms with E-state index in [2.05, 4.69) is 43.8 Å². The van der Waals surface area contributed by atoms with E-state index in [9.17, 15) is 0 Å². The van der Waals surface area contributed by atoms with Crippen LogP contribution in [0.4, 0.5) is 11.4 Å². The van der Waals surface area contributed by atoms with Crippen molar-refractivity contribution in [2.45, 2.75) is 20.4 Å². The lowest BCUT2D eigenvalue weighted by Gasteiger charge is -2.12. The van der Waals surface area contributed by atoms with Crippen molar-refractivity contribution < 1.29 is 0 Å². The molecule has 0 aliphatic rings. The second-order valence-corrected chi connectivity index (χ2v) is 7.62. The van der Waals surface area contributed by atoms with Crippen molar-refractivity contribution in [1.29, 1.82) is 0 Å². The van der Waals surface area contributed by atoms with Crippen molar-refractivity contribution in [3.8, 4) is 0 Å². The van der Waals surface area contributed by atoms with Gasteiger partial charge in [0.2, 0.25) is 0 Å². The van der Waals surface area contributed by atoms with E-state index in [1.807, 2.05) is 54.9 Å². The first-order chi connectivity index (χ1) is 12.4. The van der Waals surface area contributed by atoms with Gasteiger partial charge in [-0.25, -0.2) is 0 Å². The van der Waals surface area contributed by atoms with Crippen LogP contribution in [0.25, 0.3) is 0 Å². The van der Waals surface area contributed by atoms with Crippen LogP contribution in [0.15, 0.2) is 53.0 Å². The Morgan fingerprint density at radius 2 is 1.88 bits per heavy atom. The summed E-state index contributed by atoms with van der Waals surface area (Å²) in [4.78, 5) is 0. The summed E-state index contributed by atoms with van der Waals surface area (Å²) in [6, 6.07) is 15.8. The summed E-state index contributed by atoms with van der Waals surface area (Å²) < 4.78 is 2.89. The zero-order valence-electron chi connectivity index (χ0n) is 14.4. The van der Waals surface area contributed by atoms with Crippen LogP contribution >= 0.6 is 39.7 Å². The van der Waals surface area contributed by atoms with E-state index in [4.69, 9.17) is 23.8 Å². The van der Waals surface area contributed by atoms with Crippen molar-refractivity contribution in [3.05, 3.63) is 75.0 Å². The highest BCUT2D eigenvalue weighted by atomic mass is 79.9. The maximum Gasteiger partial charge on any atom is 0.175 e. The Morgan fingerprint density at radius 3 is 2.58 bits per heavy atom. The van der Waals surface area contributed by atoms with Crippen molar-refractivity contribution in [3.63, 3.8) is 0 Å². The molecule has 0 spiro atoms. The SMILES string of the molecule is Cc1nn(Cc2ccccc2)c(C)c1NC(=S)Nc1ccc(Br)cc1Cl. The zero-order chi connectivity index (χ0) is 18.7. The number of nitrogens with one attached hydrogen (secondary N) is 2. The zero-order valence-corrected chi connectivity index (χ0v) is 17.5. The molecule has 0 aliphatic carbocycles. The van der Waals surface area contributed by atoms with Crippen LogP contribution in [0.2, 0.25) is 5.02 Å². The minimum absolute atomic E-state index is 0.472. The second-order valence-electron chi connectivity index (χ2n) is 5.89. The Labute approximate surface area is 171 Å². The molecule has 0 fully saturated rings. The molecule has 1 aromatic heterocycles. The van der Waals surface area contributed by atoms with Gasteiger partial charge in [-0.15, -0.1) is 0 Å². The number of aryl methyl sites for hydroxylation is 1. The van der Waals surface area contributed by atoms with E-state index in [1.54, 1.807) is 0 Å². The van der Waals surface area contributed by atoms with Gasteiger partial charge in [-0.2, -0.15) is 5.10 Å². The first-order valence-corrected chi connectivity index (χ1v) is 9.63. The maximum atomic E-state index is 6.24. The third-order valence-electron chi connectivity index (χ3n) is 3.97. The number of benzene rings is 2. The fraction of sp³-hybridized carbons (Fsp3) is 0.158. The van der Waals surface area contributed by atoms with Crippen molar-refractivity contribution >= 4 is 56.2 Å². The van der Waals surface area contributed by atoms with Gasteiger partial charge in [-0.05, 0) is 49.8 Å². The molecule has 0 bridgehead atoms. The van der Waals surface area contributed by atoms with E-state index in [-0.39, 0.29) is 0 Å². The topological polar surface area (TPSA) is 41.9 Å². The summed E-state index contributed by atoms with van der Waals surface area (Å²) in [6.07, 6.45) is 0. The molecule has 26 heavy (non-hydrogen) atoms. The number of hydrogen-bond donors (Lipinski definition) is 2. The smallest absolute Gasteiger partial charge is 0.175 e. The highest BCUT2D eigenvalue weighted by molar-refractivity contribution is 9.10. The first-order valence-electron chi connectivity index (χ1n) is 8.05. The normalized spacial score (nSPS) is 10.6. The maximum absolute atomic E-state index is 6.24. The predicted molar refractivity (Wildman–Crippen MR) is 116 cm³/mol. The van der Waals surface area contributed by atoms with E-state index in [0.29, 0.717) is 16.7 Å². The highest BCUT2D eigenvalue weighted by Crippen LogP contribution is 2.26. The molecule has 0 saturated carbocycles. The molecule has 0 saturated heterocycles. The quantitative estimate of drug-likeness (QED) is 0.496. The molecule has 134 valence electrons. The van der Waals surface area contributed by atoms with Crippen LogP contribution in [0.5, 0.6) is 0 Å². The van der Waals surface area contributed by atoms with Gasteiger partial charge in [0.25, 0.3) is 0 Å². The molecule has 7 heteroatoms. The highest BCUT2D eigenvalue weighted by Gasteiger charge is 2.13. The van der Waals surface area contributed by atoms with E-state index < -0.39 is 0 Å². The molecule has 0 aliphatic heterocycles. The first kappa shape index (κ1) is 18.9. The Bertz CT molecular complexity index is 940. The third kappa shape index (κ3) is 4.44. The monoisotopic (exact) mass is 448 g/mol. The number of halogens is 2. The van der Waals surface area contributed by atoms with Gasteiger partial charge in [0, 0.05) is 4.47 Å².